The van der Waals surface area contributed by atoms with Crippen molar-refractivity contribution < 1.29 is 9.53 Å². The molecule has 1 fully saturated rings. The molecule has 1 saturated heterocycles. The summed E-state index contributed by atoms with van der Waals surface area (Å²) in [5.74, 6) is 0.0315. The maximum absolute atomic E-state index is 13.0. The van der Waals surface area contributed by atoms with Crippen LogP contribution >= 0.6 is 0 Å². The quantitative estimate of drug-likeness (QED) is 0.607. The van der Waals surface area contributed by atoms with Crippen LogP contribution in [0.15, 0.2) is 48.8 Å². The number of aromatic nitrogens is 2. The van der Waals surface area contributed by atoms with Gasteiger partial charge in [0.05, 0.1) is 35.9 Å². The molecule has 3 aromatic rings. The Balaban J connectivity index is 1.45. The Bertz CT molecular complexity index is 1040. The third kappa shape index (κ3) is 4.30. The summed E-state index contributed by atoms with van der Waals surface area (Å²) in [4.78, 5) is 19.3. The minimum absolute atomic E-state index is 0.0315. The summed E-state index contributed by atoms with van der Waals surface area (Å²) in [6.07, 6.45) is 6.63. The Hall–Kier alpha value is -3.17. The first kappa shape index (κ1) is 19.2. The number of unbranched alkanes of at least 4 members (excludes halogenated alkanes) is 1. The number of fused-ring (bicyclic) bond motifs is 1. The highest BCUT2D eigenvalue weighted by Gasteiger charge is 2.23. The van der Waals surface area contributed by atoms with E-state index in [0.717, 1.165) is 36.8 Å². The van der Waals surface area contributed by atoms with Crippen molar-refractivity contribution in [2.24, 2.45) is 0 Å². The highest BCUT2D eigenvalue weighted by atomic mass is 16.5. The topological polar surface area (TPSA) is 71.2 Å². The predicted octanol–water partition coefficient (Wildman–Crippen LogP) is 3.40. The number of hydrogen-bond acceptors (Lipinski definition) is 4. The average molecular weight is 388 g/mol. The zero-order valence-electron chi connectivity index (χ0n) is 16.4. The smallest absolute Gasteiger partial charge is 0.257 e. The molecule has 6 nitrogen and oxygen atoms in total. The summed E-state index contributed by atoms with van der Waals surface area (Å²) < 4.78 is 7.50. The van der Waals surface area contributed by atoms with Crippen LogP contribution in [0.4, 0.5) is 0 Å². The first-order valence-electron chi connectivity index (χ1n) is 10.1. The number of carbonyl (C=O) groups is 1. The Kier molecular flexibility index (Phi) is 5.87. The zero-order chi connectivity index (χ0) is 20.1. The molecule has 1 aliphatic heterocycles. The molecule has 1 aliphatic rings. The number of morpholine rings is 1. The molecule has 0 unspecified atom stereocenters. The Morgan fingerprint density at radius 3 is 2.86 bits per heavy atom. The van der Waals surface area contributed by atoms with E-state index in [1.807, 2.05) is 41.4 Å². The number of rotatable bonds is 6. The van der Waals surface area contributed by atoms with E-state index in [4.69, 9.17) is 10.00 Å². The first-order valence-corrected chi connectivity index (χ1v) is 10.1. The molecule has 0 radical (unpaired) electrons. The van der Waals surface area contributed by atoms with Crippen molar-refractivity contribution in [3.8, 4) is 6.07 Å². The van der Waals surface area contributed by atoms with Crippen LogP contribution in [0.1, 0.15) is 34.3 Å². The van der Waals surface area contributed by atoms with Gasteiger partial charge in [0.1, 0.15) is 5.52 Å². The molecule has 1 amide bonds. The number of nitriles is 1. The van der Waals surface area contributed by atoms with Crippen molar-refractivity contribution in [3.05, 3.63) is 65.5 Å². The lowest BCUT2D eigenvalue weighted by Gasteiger charge is -2.26. The van der Waals surface area contributed by atoms with Gasteiger partial charge in [-0.1, -0.05) is 12.1 Å². The molecule has 4 rings (SSSR count). The largest absolute Gasteiger partial charge is 0.378 e. The average Bonchev–Trinajstić information content (AvgIpc) is 3.16. The van der Waals surface area contributed by atoms with Crippen LogP contribution in [0, 0.1) is 11.3 Å². The Labute approximate surface area is 170 Å². The summed E-state index contributed by atoms with van der Waals surface area (Å²) in [7, 11) is 0. The molecule has 6 heteroatoms. The second kappa shape index (κ2) is 8.89. The van der Waals surface area contributed by atoms with Gasteiger partial charge in [0.15, 0.2) is 0 Å². The second-order valence-corrected chi connectivity index (χ2v) is 7.28. The SMILES string of the molecule is N#Cc1cccc(CCCCn2cc(C(=O)N3CCOCC3)c3ncccc32)c1. The maximum Gasteiger partial charge on any atom is 0.257 e. The fraction of sp³-hybridized carbons (Fsp3) is 0.348. The van der Waals surface area contributed by atoms with Gasteiger partial charge in [-0.05, 0) is 49.1 Å². The van der Waals surface area contributed by atoms with E-state index in [-0.39, 0.29) is 5.91 Å². The van der Waals surface area contributed by atoms with E-state index in [1.54, 1.807) is 6.20 Å². The number of nitrogens with zero attached hydrogens (tertiary/aromatic N) is 4. The van der Waals surface area contributed by atoms with Crippen molar-refractivity contribution >= 4 is 16.9 Å². The highest BCUT2D eigenvalue weighted by Crippen LogP contribution is 2.22. The van der Waals surface area contributed by atoms with E-state index < -0.39 is 0 Å². The number of carbonyl (C=O) groups excluding carboxylic acids is 1. The molecule has 2 aromatic heterocycles. The predicted molar refractivity (Wildman–Crippen MR) is 111 cm³/mol. The van der Waals surface area contributed by atoms with Crippen LogP contribution in [0.25, 0.3) is 11.0 Å². The van der Waals surface area contributed by atoms with E-state index >= 15 is 0 Å². The number of pyridine rings is 1. The summed E-state index contributed by atoms with van der Waals surface area (Å²) in [6.45, 7) is 3.26. The number of ether oxygens (including phenoxy) is 1. The molecule has 0 spiro atoms. The van der Waals surface area contributed by atoms with E-state index in [0.29, 0.717) is 37.4 Å². The molecular weight excluding hydrogens is 364 g/mol. The number of hydrogen-bond donors (Lipinski definition) is 0. The first-order chi connectivity index (χ1) is 14.3. The maximum atomic E-state index is 13.0. The number of amides is 1. The normalized spacial score (nSPS) is 14.1. The van der Waals surface area contributed by atoms with Crippen molar-refractivity contribution in [1.82, 2.24) is 14.5 Å². The summed E-state index contributed by atoms with van der Waals surface area (Å²) in [5, 5.41) is 9.03. The minimum Gasteiger partial charge on any atom is -0.378 e. The molecule has 148 valence electrons. The van der Waals surface area contributed by atoms with Crippen LogP contribution in [0.3, 0.4) is 0 Å². The molecular formula is C23H24N4O2. The summed E-state index contributed by atoms with van der Waals surface area (Å²) >= 11 is 0. The van der Waals surface area contributed by atoms with Gasteiger partial charge in [0, 0.05) is 32.0 Å². The van der Waals surface area contributed by atoms with Gasteiger partial charge >= 0.3 is 0 Å². The number of aryl methyl sites for hydroxylation is 2. The molecule has 3 heterocycles. The van der Waals surface area contributed by atoms with Crippen molar-refractivity contribution in [2.75, 3.05) is 26.3 Å². The standard InChI is InChI=1S/C23H24N4O2/c24-16-19-7-3-6-18(15-19)5-1-2-10-27-17-20(22-21(27)8-4-9-25-22)23(28)26-11-13-29-14-12-26/h3-4,6-9,15,17H,1-2,5,10-14H2. The lowest BCUT2D eigenvalue weighted by molar-refractivity contribution is 0.0304. The lowest BCUT2D eigenvalue weighted by Crippen LogP contribution is -2.40. The van der Waals surface area contributed by atoms with Crippen LogP contribution in [-0.2, 0) is 17.7 Å². The minimum atomic E-state index is 0.0315. The number of benzene rings is 1. The third-order valence-corrected chi connectivity index (χ3v) is 5.34. The summed E-state index contributed by atoms with van der Waals surface area (Å²) in [6, 6.07) is 13.9. The van der Waals surface area contributed by atoms with Crippen molar-refractivity contribution in [3.63, 3.8) is 0 Å². The third-order valence-electron chi connectivity index (χ3n) is 5.34. The van der Waals surface area contributed by atoms with Gasteiger partial charge in [-0.2, -0.15) is 5.26 Å². The molecule has 0 bridgehead atoms. The molecule has 0 N–H and O–H groups in total. The second-order valence-electron chi connectivity index (χ2n) is 7.28. The fourth-order valence-electron chi connectivity index (χ4n) is 3.81. The van der Waals surface area contributed by atoms with Crippen molar-refractivity contribution in [2.45, 2.75) is 25.8 Å². The van der Waals surface area contributed by atoms with E-state index in [1.165, 1.54) is 5.56 Å². The van der Waals surface area contributed by atoms with Crippen LogP contribution in [0.5, 0.6) is 0 Å². The van der Waals surface area contributed by atoms with Gasteiger partial charge < -0.3 is 14.2 Å². The van der Waals surface area contributed by atoms with Crippen molar-refractivity contribution in [1.29, 1.82) is 5.26 Å². The zero-order valence-corrected chi connectivity index (χ0v) is 16.4. The van der Waals surface area contributed by atoms with Crippen LogP contribution < -0.4 is 0 Å². The van der Waals surface area contributed by atoms with Gasteiger partial charge in [0.2, 0.25) is 0 Å². The molecule has 1 aromatic carbocycles. The van der Waals surface area contributed by atoms with Crippen LogP contribution in [0.2, 0.25) is 0 Å². The molecule has 0 atom stereocenters. The van der Waals surface area contributed by atoms with Gasteiger partial charge in [-0.15, -0.1) is 0 Å². The molecule has 0 saturated carbocycles. The van der Waals surface area contributed by atoms with Crippen LogP contribution in [-0.4, -0.2) is 46.7 Å². The highest BCUT2D eigenvalue weighted by molar-refractivity contribution is 6.05. The van der Waals surface area contributed by atoms with E-state index in [9.17, 15) is 4.79 Å². The van der Waals surface area contributed by atoms with E-state index in [2.05, 4.69) is 21.7 Å². The Morgan fingerprint density at radius 2 is 2.03 bits per heavy atom. The lowest BCUT2D eigenvalue weighted by atomic mass is 10.1. The van der Waals surface area contributed by atoms with Gasteiger partial charge in [-0.25, -0.2) is 0 Å². The van der Waals surface area contributed by atoms with Gasteiger partial charge in [-0.3, -0.25) is 9.78 Å². The Morgan fingerprint density at radius 1 is 1.17 bits per heavy atom. The monoisotopic (exact) mass is 388 g/mol. The molecule has 0 aliphatic carbocycles. The fourth-order valence-corrected chi connectivity index (χ4v) is 3.81. The summed E-state index contributed by atoms with van der Waals surface area (Å²) in [5.41, 5.74) is 4.33. The van der Waals surface area contributed by atoms with Gasteiger partial charge in [0.25, 0.3) is 5.91 Å². The molecule has 29 heavy (non-hydrogen) atoms.